The van der Waals surface area contributed by atoms with E-state index in [1.807, 2.05) is 22.6 Å². The normalized spacial score (nSPS) is 11.5. The monoisotopic (exact) mass is 303 g/mol. The molecule has 3 rings (SSSR count). The van der Waals surface area contributed by atoms with Crippen LogP contribution in [0.25, 0.3) is 16.8 Å². The Balaban J connectivity index is 2.14. The van der Waals surface area contributed by atoms with E-state index in [1.165, 1.54) is 11.8 Å². The summed E-state index contributed by atoms with van der Waals surface area (Å²) in [6.07, 6.45) is 2.21. The van der Waals surface area contributed by atoms with Crippen LogP contribution >= 0.6 is 11.8 Å². The number of nitrogens with zero attached hydrogens (tertiary/aromatic N) is 4. The average Bonchev–Trinajstić information content (AvgIpc) is 3.02. The zero-order valence-electron chi connectivity index (χ0n) is 11.8. The number of thioether (sulfide) groups is 1. The van der Waals surface area contributed by atoms with Crippen LogP contribution in [0.1, 0.15) is 19.8 Å². The number of benzene rings is 1. The topological polar surface area (TPSA) is 78.2 Å². The van der Waals surface area contributed by atoms with E-state index in [0.29, 0.717) is 5.16 Å². The van der Waals surface area contributed by atoms with Crippen molar-refractivity contribution < 1.29 is 4.79 Å². The number of aryl methyl sites for hydroxylation is 1. The number of para-hydroxylation sites is 2. The molecule has 0 atom stereocenters. The second kappa shape index (κ2) is 5.77. The van der Waals surface area contributed by atoms with Crippen LogP contribution in [0.15, 0.2) is 29.4 Å². The first-order valence-corrected chi connectivity index (χ1v) is 7.94. The first-order valence-electron chi connectivity index (χ1n) is 6.96. The van der Waals surface area contributed by atoms with Gasteiger partial charge in [-0.25, -0.2) is 0 Å². The predicted octanol–water partition coefficient (Wildman–Crippen LogP) is 2.06. The molecule has 2 N–H and O–H groups in total. The Morgan fingerprint density at radius 2 is 2.05 bits per heavy atom. The van der Waals surface area contributed by atoms with Crippen LogP contribution in [0.5, 0.6) is 0 Å². The smallest absolute Gasteiger partial charge is 0.237 e. The summed E-state index contributed by atoms with van der Waals surface area (Å²) in [4.78, 5) is 11.0. The summed E-state index contributed by atoms with van der Waals surface area (Å²) in [7, 11) is 0. The maximum absolute atomic E-state index is 11.0. The van der Waals surface area contributed by atoms with Crippen molar-refractivity contribution in [1.82, 2.24) is 19.2 Å². The lowest BCUT2D eigenvalue weighted by Gasteiger charge is -2.02. The number of hydrogen-bond donors (Lipinski definition) is 1. The Labute approximate surface area is 126 Å². The minimum atomic E-state index is -0.355. The number of aromatic nitrogens is 4. The fourth-order valence-corrected chi connectivity index (χ4v) is 3.08. The summed E-state index contributed by atoms with van der Waals surface area (Å²) in [6.45, 7) is 3.08. The minimum Gasteiger partial charge on any atom is -0.369 e. The summed E-state index contributed by atoms with van der Waals surface area (Å²) in [6, 6.07) is 8.15. The van der Waals surface area contributed by atoms with E-state index in [9.17, 15) is 4.79 Å². The molecule has 0 aliphatic rings. The molecular formula is C14H17N5OS. The summed E-state index contributed by atoms with van der Waals surface area (Å²) >= 11 is 1.32. The van der Waals surface area contributed by atoms with Crippen molar-refractivity contribution >= 4 is 34.5 Å². The molecule has 21 heavy (non-hydrogen) atoms. The maximum Gasteiger partial charge on any atom is 0.237 e. The Morgan fingerprint density at radius 1 is 1.29 bits per heavy atom. The van der Waals surface area contributed by atoms with Gasteiger partial charge in [0.15, 0.2) is 5.16 Å². The summed E-state index contributed by atoms with van der Waals surface area (Å²) < 4.78 is 4.18. The van der Waals surface area contributed by atoms with Gasteiger partial charge < -0.3 is 10.3 Å². The largest absolute Gasteiger partial charge is 0.369 e. The van der Waals surface area contributed by atoms with Gasteiger partial charge in [-0.15, -0.1) is 10.2 Å². The number of amides is 1. The van der Waals surface area contributed by atoms with Crippen molar-refractivity contribution in [3.63, 3.8) is 0 Å². The van der Waals surface area contributed by atoms with Gasteiger partial charge in [-0.1, -0.05) is 37.2 Å². The van der Waals surface area contributed by atoms with Crippen molar-refractivity contribution in [1.29, 1.82) is 0 Å². The van der Waals surface area contributed by atoms with Crippen molar-refractivity contribution in [2.24, 2.45) is 5.73 Å². The molecule has 0 aliphatic heterocycles. The van der Waals surface area contributed by atoms with E-state index >= 15 is 0 Å². The van der Waals surface area contributed by atoms with Gasteiger partial charge in [-0.2, -0.15) is 0 Å². The number of fused-ring (bicyclic) bond motifs is 3. The number of rotatable bonds is 6. The fraction of sp³-hybridized carbons (Fsp3) is 0.357. The predicted molar refractivity (Wildman–Crippen MR) is 83.3 cm³/mol. The third kappa shape index (κ3) is 2.49. The van der Waals surface area contributed by atoms with E-state index in [1.54, 1.807) is 0 Å². The minimum absolute atomic E-state index is 0.204. The van der Waals surface area contributed by atoms with Crippen LogP contribution in [-0.4, -0.2) is 30.8 Å². The van der Waals surface area contributed by atoms with Crippen LogP contribution in [0.3, 0.4) is 0 Å². The maximum atomic E-state index is 11.0. The standard InChI is InChI=1S/C14H17N5OS/c1-2-3-8-18-10-6-4-5-7-11(10)19-13(18)16-17-14(19)21-9-12(15)20/h4-7H,2-3,8-9H2,1H3,(H2,15,20). The van der Waals surface area contributed by atoms with Gasteiger partial charge in [0.05, 0.1) is 16.8 Å². The molecule has 6 nitrogen and oxygen atoms in total. The number of hydrogen-bond acceptors (Lipinski definition) is 4. The molecule has 2 heterocycles. The molecule has 0 spiro atoms. The van der Waals surface area contributed by atoms with E-state index in [2.05, 4.69) is 27.8 Å². The first kappa shape index (κ1) is 13.9. The molecule has 0 bridgehead atoms. The number of carbonyl (C=O) groups excluding carboxylic acids is 1. The van der Waals surface area contributed by atoms with Crippen LogP contribution in [0.4, 0.5) is 0 Å². The Bertz CT molecular complexity index is 791. The van der Waals surface area contributed by atoms with E-state index in [-0.39, 0.29) is 11.7 Å². The molecule has 1 amide bonds. The number of carbonyl (C=O) groups is 1. The molecule has 0 fully saturated rings. The molecule has 110 valence electrons. The second-order valence-electron chi connectivity index (χ2n) is 4.87. The van der Waals surface area contributed by atoms with Crippen LogP contribution < -0.4 is 5.73 Å². The number of primary amides is 1. The fourth-order valence-electron chi connectivity index (χ4n) is 2.40. The van der Waals surface area contributed by atoms with Gasteiger partial charge >= 0.3 is 0 Å². The lowest BCUT2D eigenvalue weighted by molar-refractivity contribution is -0.115. The van der Waals surface area contributed by atoms with E-state index < -0.39 is 0 Å². The Morgan fingerprint density at radius 3 is 2.76 bits per heavy atom. The number of unbranched alkanes of at least 4 members (excludes halogenated alkanes) is 1. The molecule has 0 saturated carbocycles. The molecule has 0 saturated heterocycles. The zero-order chi connectivity index (χ0) is 14.8. The molecular weight excluding hydrogens is 286 g/mol. The number of nitrogens with two attached hydrogens (primary N) is 1. The van der Waals surface area contributed by atoms with Crippen LogP contribution in [-0.2, 0) is 11.3 Å². The van der Waals surface area contributed by atoms with Crippen molar-refractivity contribution in [3.8, 4) is 0 Å². The molecule has 1 aromatic carbocycles. The average molecular weight is 303 g/mol. The zero-order valence-corrected chi connectivity index (χ0v) is 12.6. The molecule has 2 aromatic heterocycles. The van der Waals surface area contributed by atoms with Gasteiger partial charge in [0.1, 0.15) is 0 Å². The highest BCUT2D eigenvalue weighted by Crippen LogP contribution is 2.25. The van der Waals surface area contributed by atoms with Gasteiger partial charge in [0.2, 0.25) is 11.7 Å². The summed E-state index contributed by atoms with van der Waals surface area (Å²) in [5, 5.41) is 9.19. The van der Waals surface area contributed by atoms with E-state index in [0.717, 1.165) is 36.2 Å². The van der Waals surface area contributed by atoms with Crippen molar-refractivity contribution in [2.75, 3.05) is 5.75 Å². The third-order valence-electron chi connectivity index (χ3n) is 3.35. The van der Waals surface area contributed by atoms with Crippen molar-refractivity contribution in [3.05, 3.63) is 24.3 Å². The summed E-state index contributed by atoms with van der Waals surface area (Å²) in [5.74, 6) is 0.665. The van der Waals surface area contributed by atoms with Gasteiger partial charge in [0, 0.05) is 6.54 Å². The first-order chi connectivity index (χ1) is 10.2. The second-order valence-corrected chi connectivity index (χ2v) is 5.81. The number of imidazole rings is 1. The SMILES string of the molecule is CCCCn1c2ccccc2n2c(SCC(N)=O)nnc12. The molecule has 0 aliphatic carbocycles. The highest BCUT2D eigenvalue weighted by Gasteiger charge is 2.16. The molecule has 3 aromatic rings. The van der Waals surface area contributed by atoms with Crippen molar-refractivity contribution in [2.45, 2.75) is 31.5 Å². The van der Waals surface area contributed by atoms with Gasteiger partial charge in [0.25, 0.3) is 0 Å². The van der Waals surface area contributed by atoms with Gasteiger partial charge in [-0.3, -0.25) is 9.20 Å². The highest BCUT2D eigenvalue weighted by molar-refractivity contribution is 7.99. The molecule has 0 unspecified atom stereocenters. The van der Waals surface area contributed by atoms with Gasteiger partial charge in [-0.05, 0) is 18.6 Å². The van der Waals surface area contributed by atoms with Crippen LogP contribution in [0.2, 0.25) is 0 Å². The lowest BCUT2D eigenvalue weighted by atomic mass is 10.3. The summed E-state index contributed by atoms with van der Waals surface area (Å²) in [5.41, 5.74) is 7.41. The quantitative estimate of drug-likeness (QED) is 0.707. The molecule has 7 heteroatoms. The van der Waals surface area contributed by atoms with E-state index in [4.69, 9.17) is 5.73 Å². The Kier molecular flexibility index (Phi) is 3.83. The molecule has 0 radical (unpaired) electrons. The highest BCUT2D eigenvalue weighted by atomic mass is 32.2. The Hall–Kier alpha value is -2.02. The lowest BCUT2D eigenvalue weighted by Crippen LogP contribution is -2.13. The third-order valence-corrected chi connectivity index (χ3v) is 4.30. The van der Waals surface area contributed by atoms with Crippen LogP contribution in [0, 0.1) is 0 Å².